The van der Waals surface area contributed by atoms with Gasteiger partial charge in [-0.1, -0.05) is 57.2 Å². The molecule has 1 aliphatic rings. The van der Waals surface area contributed by atoms with E-state index in [1.54, 1.807) is 0 Å². The molecule has 0 fully saturated rings. The largest absolute Gasteiger partial charge is 0.491 e. The minimum Gasteiger partial charge on any atom is -0.423 e. The molecule has 4 nitrogen and oxygen atoms in total. The van der Waals surface area contributed by atoms with Crippen LogP contribution in [-0.2, 0) is 11.3 Å². The molecule has 0 aliphatic carbocycles. The first-order valence-corrected chi connectivity index (χ1v) is 9.66. The van der Waals surface area contributed by atoms with E-state index >= 15 is 0 Å². The number of carbonyl (C=O) groups excluding carboxylic acids is 1. The normalized spacial score (nSPS) is 15.8. The number of hydrogen-bond donors (Lipinski definition) is 2. The summed E-state index contributed by atoms with van der Waals surface area (Å²) in [6.45, 7) is 10.7. The van der Waals surface area contributed by atoms with E-state index in [1.807, 2.05) is 0 Å². The molecule has 26 heavy (non-hydrogen) atoms. The molecule has 0 radical (unpaired) electrons. The van der Waals surface area contributed by atoms with Crippen molar-refractivity contribution in [1.82, 2.24) is 5.32 Å². The summed E-state index contributed by atoms with van der Waals surface area (Å²) >= 11 is 2.37. The zero-order chi connectivity index (χ0) is 19.9. The summed E-state index contributed by atoms with van der Waals surface area (Å²) < 4.78 is 33.4. The fraction of sp³-hybridized carbons (Fsp3) is 0.611. The molecule has 1 aliphatic heterocycles. The van der Waals surface area contributed by atoms with Crippen molar-refractivity contribution >= 4 is 41.1 Å². The van der Waals surface area contributed by atoms with Crippen LogP contribution in [0.25, 0.3) is 0 Å². The SMILES string of the molecule is CC(C)(I)CC(CNC(=O)c1cc2c(c(F)c1F)COB2O)C(C)(C)C. The summed E-state index contributed by atoms with van der Waals surface area (Å²) in [5.41, 5.74) is -0.394. The quantitative estimate of drug-likeness (QED) is 0.388. The maximum Gasteiger partial charge on any atom is 0.491 e. The Labute approximate surface area is 167 Å². The molecular formula is C18H25BF2INO3. The van der Waals surface area contributed by atoms with Gasteiger partial charge in [-0.15, -0.1) is 0 Å². The average molecular weight is 479 g/mol. The lowest BCUT2D eigenvalue weighted by molar-refractivity contribution is 0.0924. The molecule has 0 aromatic heterocycles. The first-order valence-electron chi connectivity index (χ1n) is 8.59. The predicted octanol–water partition coefficient (Wildman–Crippen LogP) is 3.18. The van der Waals surface area contributed by atoms with Crippen LogP contribution in [0.5, 0.6) is 0 Å². The number of hydrogen-bond acceptors (Lipinski definition) is 3. The van der Waals surface area contributed by atoms with E-state index in [1.165, 1.54) is 6.07 Å². The van der Waals surface area contributed by atoms with Crippen LogP contribution in [0.3, 0.4) is 0 Å². The lowest BCUT2D eigenvalue weighted by Gasteiger charge is -2.35. The van der Waals surface area contributed by atoms with Crippen LogP contribution in [0.2, 0.25) is 0 Å². The van der Waals surface area contributed by atoms with Gasteiger partial charge in [0.15, 0.2) is 11.6 Å². The van der Waals surface area contributed by atoms with Gasteiger partial charge in [-0.25, -0.2) is 8.78 Å². The maximum atomic E-state index is 14.3. The summed E-state index contributed by atoms with van der Waals surface area (Å²) in [7, 11) is -1.34. The number of carbonyl (C=O) groups is 1. The standard InChI is InChI=1S/C18H25BF2INO3/c1-17(2,3)10(7-18(4,5)22)8-23-16(24)11-6-13-12(9-26-19(13)25)15(21)14(11)20/h6,10,25H,7-9H2,1-5H3,(H,23,24). The summed E-state index contributed by atoms with van der Waals surface area (Å²) in [5, 5.41) is 12.4. The molecule has 1 aromatic rings. The van der Waals surface area contributed by atoms with Crippen molar-refractivity contribution in [3.05, 3.63) is 28.8 Å². The molecule has 1 atom stereocenters. The van der Waals surface area contributed by atoms with Crippen molar-refractivity contribution in [2.75, 3.05) is 6.54 Å². The van der Waals surface area contributed by atoms with Crippen molar-refractivity contribution < 1.29 is 23.3 Å². The highest BCUT2D eigenvalue weighted by atomic mass is 127. The maximum absolute atomic E-state index is 14.3. The Morgan fingerprint density at radius 2 is 1.96 bits per heavy atom. The lowest BCUT2D eigenvalue weighted by Crippen LogP contribution is -2.39. The number of fused-ring (bicyclic) bond motifs is 1. The average Bonchev–Trinajstić information content (AvgIpc) is 2.86. The molecule has 1 amide bonds. The van der Waals surface area contributed by atoms with E-state index in [2.05, 4.69) is 62.5 Å². The molecule has 1 unspecified atom stereocenters. The van der Waals surface area contributed by atoms with Gasteiger partial charge in [-0.05, 0) is 29.3 Å². The number of alkyl halides is 1. The zero-order valence-electron chi connectivity index (χ0n) is 15.8. The van der Waals surface area contributed by atoms with Gasteiger partial charge in [0, 0.05) is 15.5 Å². The van der Waals surface area contributed by atoms with Gasteiger partial charge in [-0.2, -0.15) is 0 Å². The molecule has 8 heteroatoms. The molecule has 2 N–H and O–H groups in total. The van der Waals surface area contributed by atoms with Crippen LogP contribution in [-0.4, -0.2) is 28.0 Å². The molecule has 0 bridgehead atoms. The number of nitrogens with one attached hydrogen (secondary N) is 1. The Bertz CT molecular complexity index is 701. The molecule has 1 heterocycles. The van der Waals surface area contributed by atoms with Gasteiger partial charge in [0.1, 0.15) is 0 Å². The first-order chi connectivity index (χ1) is 11.8. The second-order valence-corrected chi connectivity index (χ2v) is 11.4. The van der Waals surface area contributed by atoms with Crippen LogP contribution < -0.4 is 10.8 Å². The van der Waals surface area contributed by atoms with Gasteiger partial charge in [0.05, 0.1) is 12.2 Å². The summed E-state index contributed by atoms with van der Waals surface area (Å²) in [6.07, 6.45) is 0.866. The van der Waals surface area contributed by atoms with E-state index in [9.17, 15) is 18.6 Å². The molecule has 0 saturated heterocycles. The van der Waals surface area contributed by atoms with Crippen molar-refractivity contribution in [3.8, 4) is 0 Å². The Morgan fingerprint density at radius 1 is 1.35 bits per heavy atom. The van der Waals surface area contributed by atoms with Gasteiger partial charge in [0.25, 0.3) is 5.91 Å². The Kier molecular flexibility index (Phi) is 6.40. The molecule has 1 aromatic carbocycles. The van der Waals surface area contributed by atoms with Crippen LogP contribution in [0.15, 0.2) is 6.07 Å². The number of rotatable bonds is 5. The van der Waals surface area contributed by atoms with Crippen LogP contribution in [0.4, 0.5) is 8.78 Å². The van der Waals surface area contributed by atoms with Crippen molar-refractivity contribution in [2.45, 2.75) is 51.1 Å². The smallest absolute Gasteiger partial charge is 0.423 e. The van der Waals surface area contributed by atoms with Crippen LogP contribution >= 0.6 is 22.6 Å². The molecular weight excluding hydrogens is 454 g/mol. The molecule has 2 rings (SSSR count). The third-order valence-corrected chi connectivity index (χ3v) is 5.14. The minimum absolute atomic E-state index is 0.0363. The van der Waals surface area contributed by atoms with Crippen molar-refractivity contribution in [3.63, 3.8) is 0 Å². The van der Waals surface area contributed by atoms with Gasteiger partial charge >= 0.3 is 7.12 Å². The third kappa shape index (κ3) is 4.95. The van der Waals surface area contributed by atoms with E-state index in [0.717, 1.165) is 6.42 Å². The third-order valence-electron chi connectivity index (χ3n) is 4.70. The number of halogens is 3. The minimum atomic E-state index is -1.34. The number of amides is 1. The highest BCUT2D eigenvalue weighted by Gasteiger charge is 2.35. The van der Waals surface area contributed by atoms with Gasteiger partial charge < -0.3 is 15.0 Å². The summed E-state index contributed by atoms with van der Waals surface area (Å²) in [6, 6.07) is 1.18. The Balaban J connectivity index is 2.20. The van der Waals surface area contributed by atoms with Crippen LogP contribution in [0, 0.1) is 23.0 Å². The molecule has 0 saturated carbocycles. The van der Waals surface area contributed by atoms with E-state index in [4.69, 9.17) is 4.65 Å². The van der Waals surface area contributed by atoms with Gasteiger partial charge in [0.2, 0.25) is 0 Å². The molecule has 144 valence electrons. The second-order valence-electron chi connectivity index (χ2n) is 8.48. The highest BCUT2D eigenvalue weighted by Crippen LogP contribution is 2.36. The fourth-order valence-corrected chi connectivity index (χ4v) is 3.58. The summed E-state index contributed by atoms with van der Waals surface area (Å²) in [4.78, 5) is 12.5. The van der Waals surface area contributed by atoms with Gasteiger partial charge in [-0.3, -0.25) is 4.79 Å². The van der Waals surface area contributed by atoms with Crippen molar-refractivity contribution in [2.24, 2.45) is 11.3 Å². The second kappa shape index (κ2) is 7.71. The first kappa shape index (κ1) is 21.6. The summed E-state index contributed by atoms with van der Waals surface area (Å²) in [5.74, 6) is -2.87. The monoisotopic (exact) mass is 479 g/mol. The highest BCUT2D eigenvalue weighted by molar-refractivity contribution is 14.1. The molecule has 0 spiro atoms. The van der Waals surface area contributed by atoms with Crippen molar-refractivity contribution in [1.29, 1.82) is 0 Å². The number of benzene rings is 1. The topological polar surface area (TPSA) is 58.6 Å². The fourth-order valence-electron chi connectivity index (χ4n) is 3.05. The van der Waals surface area contributed by atoms with Crippen LogP contribution in [0.1, 0.15) is 57.0 Å². The van der Waals surface area contributed by atoms with E-state index < -0.39 is 30.2 Å². The lowest BCUT2D eigenvalue weighted by atomic mass is 9.76. The Hall–Kier alpha value is -0.735. The predicted molar refractivity (Wildman–Crippen MR) is 107 cm³/mol. The zero-order valence-corrected chi connectivity index (χ0v) is 17.9. The van der Waals surface area contributed by atoms with E-state index in [-0.39, 0.29) is 32.4 Å². The Morgan fingerprint density at radius 3 is 2.50 bits per heavy atom. The van der Waals surface area contributed by atoms with E-state index in [0.29, 0.717) is 6.54 Å².